The minimum Gasteiger partial charge on any atom is -0.336 e. The van der Waals surface area contributed by atoms with E-state index in [2.05, 4.69) is 10.2 Å². The van der Waals surface area contributed by atoms with Crippen molar-refractivity contribution in [1.82, 2.24) is 19.5 Å². The molecule has 0 atom stereocenters. The van der Waals surface area contributed by atoms with E-state index in [9.17, 15) is 9.18 Å². The Morgan fingerprint density at radius 1 is 0.970 bits per heavy atom. The van der Waals surface area contributed by atoms with E-state index in [1.165, 1.54) is 12.1 Å². The van der Waals surface area contributed by atoms with Crippen LogP contribution in [0.1, 0.15) is 21.9 Å². The molecule has 2 aromatic heterocycles. The largest absolute Gasteiger partial charge is 0.336 e. The number of halogens is 2. The summed E-state index contributed by atoms with van der Waals surface area (Å²) in [4.78, 5) is 15.6. The number of nitrogens with zero attached hydrogens (tertiary/aromatic N) is 4. The molecule has 33 heavy (non-hydrogen) atoms. The Kier molecular flexibility index (Phi) is 5.30. The molecule has 2 heterocycles. The zero-order valence-corrected chi connectivity index (χ0v) is 18.8. The highest BCUT2D eigenvalue weighted by Gasteiger charge is 2.26. The lowest BCUT2D eigenvalue weighted by atomic mass is 9.96. The van der Waals surface area contributed by atoms with Gasteiger partial charge in [0.2, 0.25) is 0 Å². The number of hydrogen-bond donors (Lipinski definition) is 0. The minimum atomic E-state index is -0.340. The van der Waals surface area contributed by atoms with Gasteiger partial charge in [0.15, 0.2) is 5.65 Å². The van der Waals surface area contributed by atoms with E-state index in [0.717, 1.165) is 21.9 Å². The third-order valence-corrected chi connectivity index (χ3v) is 6.14. The van der Waals surface area contributed by atoms with Crippen molar-refractivity contribution in [1.29, 1.82) is 0 Å². The summed E-state index contributed by atoms with van der Waals surface area (Å²) in [5.41, 5.74) is 3.31. The van der Waals surface area contributed by atoms with Crippen LogP contribution in [0.15, 0.2) is 72.8 Å². The van der Waals surface area contributed by atoms with Gasteiger partial charge in [0, 0.05) is 29.6 Å². The highest BCUT2D eigenvalue weighted by atomic mass is 35.5. The first-order chi connectivity index (χ1) is 16.0. The second-order valence-electron chi connectivity index (χ2n) is 7.93. The molecule has 0 saturated heterocycles. The Balaban J connectivity index is 1.78. The van der Waals surface area contributed by atoms with Crippen LogP contribution in [0.2, 0.25) is 5.02 Å². The van der Waals surface area contributed by atoms with Crippen LogP contribution < -0.4 is 0 Å². The van der Waals surface area contributed by atoms with Gasteiger partial charge in [-0.3, -0.25) is 9.20 Å². The number of rotatable bonds is 4. The predicted octanol–water partition coefficient (Wildman–Crippen LogP) is 5.92. The molecule has 1 amide bonds. The monoisotopic (exact) mass is 458 g/mol. The van der Waals surface area contributed by atoms with Crippen molar-refractivity contribution in [2.24, 2.45) is 0 Å². The summed E-state index contributed by atoms with van der Waals surface area (Å²) in [6, 6.07) is 21.4. The normalized spacial score (nSPS) is 11.3. The van der Waals surface area contributed by atoms with E-state index in [-0.39, 0.29) is 11.7 Å². The van der Waals surface area contributed by atoms with Crippen molar-refractivity contribution in [2.75, 3.05) is 7.05 Å². The Bertz CT molecular complexity index is 1510. The van der Waals surface area contributed by atoms with Crippen molar-refractivity contribution in [2.45, 2.75) is 13.5 Å². The van der Waals surface area contributed by atoms with Crippen LogP contribution >= 0.6 is 11.6 Å². The molecule has 5 nitrogen and oxygen atoms in total. The summed E-state index contributed by atoms with van der Waals surface area (Å²) in [7, 11) is 1.74. The first-order valence-electron chi connectivity index (χ1n) is 10.5. The van der Waals surface area contributed by atoms with Crippen LogP contribution in [0, 0.1) is 12.7 Å². The predicted molar refractivity (Wildman–Crippen MR) is 128 cm³/mol. The molecular weight excluding hydrogens is 439 g/mol. The Labute approximate surface area is 195 Å². The molecule has 7 heteroatoms. The van der Waals surface area contributed by atoms with Gasteiger partial charge >= 0.3 is 0 Å². The summed E-state index contributed by atoms with van der Waals surface area (Å²) in [6.07, 6.45) is 0. The van der Waals surface area contributed by atoms with Crippen LogP contribution in [-0.2, 0) is 6.54 Å². The number of amides is 1. The minimum absolute atomic E-state index is 0.215. The lowest BCUT2D eigenvalue weighted by Gasteiger charge is -2.22. The molecule has 0 saturated carbocycles. The molecule has 3 aromatic carbocycles. The summed E-state index contributed by atoms with van der Waals surface area (Å²) < 4.78 is 15.5. The molecule has 5 aromatic rings. The number of hydrogen-bond acceptors (Lipinski definition) is 3. The first kappa shape index (κ1) is 21.1. The Morgan fingerprint density at radius 2 is 1.64 bits per heavy atom. The fourth-order valence-corrected chi connectivity index (χ4v) is 4.38. The molecule has 0 fully saturated rings. The third kappa shape index (κ3) is 3.62. The fourth-order valence-electron chi connectivity index (χ4n) is 4.19. The zero-order chi connectivity index (χ0) is 23.1. The summed E-state index contributed by atoms with van der Waals surface area (Å²) >= 11 is 6.34. The van der Waals surface area contributed by atoms with Gasteiger partial charge in [-0.25, -0.2) is 4.39 Å². The Morgan fingerprint density at radius 3 is 2.36 bits per heavy atom. The van der Waals surface area contributed by atoms with Gasteiger partial charge in [-0.15, -0.1) is 10.2 Å². The average Bonchev–Trinajstić information content (AvgIpc) is 3.21. The number of benzene rings is 3. The average molecular weight is 459 g/mol. The lowest BCUT2D eigenvalue weighted by Crippen LogP contribution is -2.29. The molecule has 0 aliphatic rings. The summed E-state index contributed by atoms with van der Waals surface area (Å²) in [5, 5.41) is 10.9. The van der Waals surface area contributed by atoms with E-state index in [0.29, 0.717) is 34.3 Å². The number of fused-ring (bicyclic) bond motifs is 3. The van der Waals surface area contributed by atoms with Gasteiger partial charge in [0.1, 0.15) is 17.3 Å². The number of aromatic nitrogens is 3. The standard InChI is InChI=1S/C26H20ClFN4O/c1-16-29-30-25-21-9-5-4-8-20(21)23(17-11-13-19(28)14-12-17)24(32(16)25)26(33)31(2)15-18-7-3-6-10-22(18)27/h3-14H,15H2,1-2H3. The molecule has 0 radical (unpaired) electrons. The van der Waals surface area contributed by atoms with Gasteiger partial charge in [0.25, 0.3) is 5.91 Å². The van der Waals surface area contributed by atoms with Crippen molar-refractivity contribution < 1.29 is 9.18 Å². The molecule has 0 unspecified atom stereocenters. The Hall–Kier alpha value is -3.77. The van der Waals surface area contributed by atoms with E-state index >= 15 is 0 Å². The van der Waals surface area contributed by atoms with Gasteiger partial charge in [0.05, 0.1) is 0 Å². The topological polar surface area (TPSA) is 50.5 Å². The smallest absolute Gasteiger partial charge is 0.271 e. The van der Waals surface area contributed by atoms with Gasteiger partial charge < -0.3 is 4.90 Å². The number of carbonyl (C=O) groups is 1. The summed E-state index contributed by atoms with van der Waals surface area (Å²) in [5.74, 6) is 0.0369. The number of pyridine rings is 1. The van der Waals surface area contributed by atoms with Gasteiger partial charge in [-0.05, 0) is 41.6 Å². The second kappa shape index (κ2) is 8.30. The quantitative estimate of drug-likeness (QED) is 0.336. The van der Waals surface area contributed by atoms with E-state index in [1.54, 1.807) is 34.5 Å². The highest BCUT2D eigenvalue weighted by Crippen LogP contribution is 2.36. The van der Waals surface area contributed by atoms with Crippen LogP contribution in [0.5, 0.6) is 0 Å². The second-order valence-corrected chi connectivity index (χ2v) is 8.34. The van der Waals surface area contributed by atoms with Crippen LogP contribution in [-0.4, -0.2) is 32.5 Å². The zero-order valence-electron chi connectivity index (χ0n) is 18.1. The summed E-state index contributed by atoms with van der Waals surface area (Å²) in [6.45, 7) is 2.14. The third-order valence-electron chi connectivity index (χ3n) is 5.77. The van der Waals surface area contributed by atoms with E-state index < -0.39 is 0 Å². The molecule has 0 N–H and O–H groups in total. The van der Waals surface area contributed by atoms with E-state index in [1.807, 2.05) is 49.4 Å². The maximum absolute atomic E-state index is 14.0. The fraction of sp³-hybridized carbons (Fsp3) is 0.115. The molecule has 0 aliphatic heterocycles. The van der Waals surface area contributed by atoms with Crippen LogP contribution in [0.3, 0.4) is 0 Å². The highest BCUT2D eigenvalue weighted by molar-refractivity contribution is 6.31. The molecule has 164 valence electrons. The number of aryl methyl sites for hydroxylation is 1. The molecule has 0 bridgehead atoms. The SMILES string of the molecule is Cc1nnc2c3ccccc3c(-c3ccc(F)cc3)c(C(=O)N(C)Cc3ccccc3Cl)n12. The van der Waals surface area contributed by atoms with Crippen molar-refractivity contribution >= 4 is 33.9 Å². The first-order valence-corrected chi connectivity index (χ1v) is 10.8. The molecule has 0 aliphatic carbocycles. The van der Waals surface area contributed by atoms with Crippen LogP contribution in [0.25, 0.3) is 27.5 Å². The maximum Gasteiger partial charge on any atom is 0.271 e. The molecule has 0 spiro atoms. The lowest BCUT2D eigenvalue weighted by molar-refractivity contribution is 0.0778. The van der Waals surface area contributed by atoms with Gasteiger partial charge in [-0.1, -0.05) is 66.2 Å². The van der Waals surface area contributed by atoms with Crippen molar-refractivity contribution in [3.05, 3.63) is 101 Å². The van der Waals surface area contributed by atoms with Crippen molar-refractivity contribution in [3.63, 3.8) is 0 Å². The molecule has 5 rings (SSSR count). The maximum atomic E-state index is 14.0. The van der Waals surface area contributed by atoms with Crippen LogP contribution in [0.4, 0.5) is 4.39 Å². The molecular formula is C26H20ClFN4O. The van der Waals surface area contributed by atoms with Gasteiger partial charge in [-0.2, -0.15) is 0 Å². The number of carbonyl (C=O) groups excluding carboxylic acids is 1. The van der Waals surface area contributed by atoms with Crippen molar-refractivity contribution in [3.8, 4) is 11.1 Å². The van der Waals surface area contributed by atoms with E-state index in [4.69, 9.17) is 11.6 Å².